The van der Waals surface area contributed by atoms with Crippen molar-refractivity contribution in [2.24, 2.45) is 0 Å². The molecule has 5 fully saturated rings. The SMILES string of the molecule is Cc1c(-c2cccc(C(C)C)c2)cnc(CC(=O)C2(c3ccc4c(c3)OCO4)CC2)c1C.Cc1cc(-c2ccc(C(C)C)cc2)cnc1CC(=O)C1(c2ccc3c(c2)OCO3)CC1.O=C(Cc1cccc(-c2ccc(S(=O)(=O)NC3CCC3)cc2)n1)C1(c2ccc3c(c2)OCO3)CC1.O=C(Cc1cccc(-c2ccc(S(=O)(=O)NC[C@H](O)CO)cc2)n1)C1(c2ccc3c(c2)OCO3)CC1.[HH].[HH].[HH].[HH]. The van der Waals surface area contributed by atoms with Gasteiger partial charge in [0.2, 0.25) is 47.2 Å². The van der Waals surface area contributed by atoms with Crippen molar-refractivity contribution in [1.29, 1.82) is 0 Å². The van der Waals surface area contributed by atoms with E-state index in [4.69, 9.17) is 53.0 Å². The summed E-state index contributed by atoms with van der Waals surface area (Å²) in [6.45, 7) is 15.1. The molecule has 4 N–H and O–H groups in total. The molecule has 4 aliphatic heterocycles. The number of ketones is 4. The van der Waals surface area contributed by atoms with Crippen LogP contribution in [0.3, 0.4) is 0 Å². The second-order valence-electron chi connectivity index (χ2n) is 36.9. The Balaban J connectivity index is 0.000000146. The van der Waals surface area contributed by atoms with E-state index in [1.807, 2.05) is 122 Å². The molecule has 0 saturated heterocycles. The fourth-order valence-electron chi connectivity index (χ4n) is 18.1. The maximum atomic E-state index is 13.4. The molecule has 5 saturated carbocycles. The monoisotopic (exact) mass is 1850 g/mol. The van der Waals surface area contributed by atoms with Crippen molar-refractivity contribution in [3.8, 4) is 90.8 Å². The van der Waals surface area contributed by atoms with Gasteiger partial charge in [-0.05, 0) is 261 Å². The van der Waals surface area contributed by atoms with Crippen molar-refractivity contribution in [3.63, 3.8) is 0 Å². The molecule has 0 amide bonds. The lowest BCUT2D eigenvalue weighted by atomic mass is 9.87. The minimum Gasteiger partial charge on any atom is -0.454 e. The van der Waals surface area contributed by atoms with Crippen molar-refractivity contribution in [1.82, 2.24) is 29.4 Å². The number of ether oxygens (including phenoxy) is 8. The first kappa shape index (κ1) is 91.7. The maximum absolute atomic E-state index is 13.4. The van der Waals surface area contributed by atoms with Crippen molar-refractivity contribution in [2.75, 3.05) is 40.3 Å². The van der Waals surface area contributed by atoms with Gasteiger partial charge in [-0.25, -0.2) is 26.3 Å². The van der Waals surface area contributed by atoms with Crippen LogP contribution in [-0.2, 0) is 86.6 Å². The van der Waals surface area contributed by atoms with Gasteiger partial charge in [-0.3, -0.25) is 39.1 Å². The van der Waals surface area contributed by atoms with Gasteiger partial charge in [-0.15, -0.1) is 0 Å². The fraction of sp³-hybridized carbons (Fsp3) is 0.333. The summed E-state index contributed by atoms with van der Waals surface area (Å²) >= 11 is 0. The summed E-state index contributed by atoms with van der Waals surface area (Å²) in [6, 6.07) is 66.7. The molecule has 0 spiro atoms. The van der Waals surface area contributed by atoms with Crippen LogP contribution in [0, 0.1) is 20.8 Å². The summed E-state index contributed by atoms with van der Waals surface area (Å²) < 4.78 is 98.5. The van der Waals surface area contributed by atoms with Crippen molar-refractivity contribution in [2.45, 2.75) is 200 Å². The van der Waals surface area contributed by atoms with Gasteiger partial charge in [0, 0.05) is 90.0 Å². The van der Waals surface area contributed by atoms with Crippen LogP contribution in [0.15, 0.2) is 235 Å². The number of aliphatic hydroxyl groups is 2. The molecule has 698 valence electrons. The molecule has 9 aliphatic rings. The Morgan fingerprint density at radius 2 is 0.806 bits per heavy atom. The number of nitrogens with zero attached hydrogens (tertiary/aromatic N) is 4. The summed E-state index contributed by atoms with van der Waals surface area (Å²) in [6.07, 6.45) is 13.3. The molecule has 21 rings (SSSR count). The highest BCUT2D eigenvalue weighted by Crippen LogP contribution is 2.56. The fourth-order valence-corrected chi connectivity index (χ4v) is 20.4. The zero-order valence-corrected chi connectivity index (χ0v) is 77.7. The number of sulfonamides is 2. The van der Waals surface area contributed by atoms with E-state index in [2.05, 4.69) is 116 Å². The number of hydrogen-bond donors (Lipinski definition) is 4. The first-order valence-electron chi connectivity index (χ1n) is 45.9. The quantitative estimate of drug-likeness (QED) is 0.0325. The highest BCUT2D eigenvalue weighted by atomic mass is 32.2. The molecule has 8 aromatic carbocycles. The maximum Gasteiger partial charge on any atom is 0.240 e. The highest BCUT2D eigenvalue weighted by molar-refractivity contribution is 7.89. The van der Waals surface area contributed by atoms with Crippen LogP contribution in [0.4, 0.5) is 0 Å². The van der Waals surface area contributed by atoms with Gasteiger partial charge in [-0.2, -0.15) is 0 Å². The van der Waals surface area contributed by atoms with E-state index in [0.717, 1.165) is 161 Å². The predicted octanol–water partition coefficient (Wildman–Crippen LogP) is 18.9. The van der Waals surface area contributed by atoms with Crippen molar-refractivity contribution >= 4 is 43.2 Å². The minimum absolute atomic E-state index is 0. The van der Waals surface area contributed by atoms with Gasteiger partial charge in [0.15, 0.2) is 46.0 Å². The molecule has 26 heteroatoms. The Bertz CT molecular complexity index is 6770. The standard InChI is InChI=1S/C28H29NO3.C27H26N2O5S.C27H27NO3.C26H26N2O7S.4H2/c1-17(2)20-6-5-7-21(12-20)23-15-29-24(19(4)18(23)3)14-27(30)28(10-11-28)22-8-9-25-26(13-22)32-16-31-25;30-26(27(13-14-27)19-9-12-24-25(15-19)34-17-33-24)16-21-5-2-6-23(28-21)18-7-10-22(11-8-18)35(31,32)29-20-3-1-4-20;1-17(2)19-4-6-20(7-5-19)21-12-18(3)23(28-15-21)14-26(29)27(10-11-27)22-8-9-24-25(13-22)31-16-30-24;29-15-20(30)14-27-36(32,33)21-7-4-17(5-8-21)22-3-1-2-19(28-22)13-25(31)26(10-11-26)18-6-9-23-24(12-18)35-16-34-23;;;;/h5-9,12-13,15,17H,10-11,14,16H2,1-4H3;2,5-12,15,20,29H,1,3-4,13-14,16-17H2;4-9,12-13,15,17H,10-11,14,16H2,1-3H3;1-9,12,20,27,29-30H,10-11,13-16H2;4*1H/t;;;20-;;;;/m...0..../s1. The molecule has 12 aromatic rings. The number of pyridine rings is 4. The largest absolute Gasteiger partial charge is 0.454 e. The first-order chi connectivity index (χ1) is 64.6. The van der Waals surface area contributed by atoms with Crippen LogP contribution in [0.5, 0.6) is 46.0 Å². The number of nitrogens with one attached hydrogen (secondary N) is 2. The molecule has 24 nitrogen and oxygen atoms in total. The second kappa shape index (κ2) is 37.9. The molecule has 4 aromatic heterocycles. The lowest BCUT2D eigenvalue weighted by Crippen LogP contribution is -2.39. The number of fused-ring (bicyclic) bond motifs is 4. The molecular weight excluding hydrogens is 1730 g/mol. The molecule has 5 aliphatic carbocycles. The second-order valence-corrected chi connectivity index (χ2v) is 40.4. The topological polar surface area (TPSA) is 326 Å². The smallest absolute Gasteiger partial charge is 0.240 e. The van der Waals surface area contributed by atoms with E-state index in [1.165, 1.54) is 34.4 Å². The summed E-state index contributed by atoms with van der Waals surface area (Å²) in [5.41, 5.74) is 18.6. The number of aryl methyl sites for hydroxylation is 1. The molecule has 8 heterocycles. The van der Waals surface area contributed by atoms with E-state index < -0.39 is 54.4 Å². The number of Topliss-reactive ketones (excluding diaryl/α,β-unsaturated/α-hetero) is 4. The average molecular weight is 1850 g/mol. The minimum atomic E-state index is -3.83. The third kappa shape index (κ3) is 19.5. The lowest BCUT2D eigenvalue weighted by Gasteiger charge is -2.26. The van der Waals surface area contributed by atoms with Crippen LogP contribution in [-0.4, -0.2) is 123 Å². The van der Waals surface area contributed by atoms with E-state index in [9.17, 15) is 41.1 Å². The number of aromatic nitrogens is 4. The van der Waals surface area contributed by atoms with Crippen LogP contribution in [0.1, 0.15) is 189 Å². The van der Waals surface area contributed by atoms with Crippen LogP contribution < -0.4 is 47.3 Å². The average Bonchev–Trinajstić information content (AvgIpc) is 1.60. The summed E-state index contributed by atoms with van der Waals surface area (Å²) in [5, 5.41) is 18.2. The van der Waals surface area contributed by atoms with Crippen LogP contribution in [0.2, 0.25) is 0 Å². The van der Waals surface area contributed by atoms with Crippen molar-refractivity contribution in [3.05, 3.63) is 298 Å². The molecule has 0 radical (unpaired) electrons. The van der Waals surface area contributed by atoms with E-state index in [-0.39, 0.29) is 91.2 Å². The third-order valence-electron chi connectivity index (χ3n) is 27.6. The lowest BCUT2D eigenvalue weighted by molar-refractivity contribution is -0.121. The molecule has 134 heavy (non-hydrogen) atoms. The normalized spacial score (nSPS) is 16.6. The summed E-state index contributed by atoms with van der Waals surface area (Å²) in [4.78, 5) is 72.4. The van der Waals surface area contributed by atoms with E-state index in [0.29, 0.717) is 76.0 Å². The number of rotatable bonds is 30. The predicted molar refractivity (Wildman–Crippen MR) is 515 cm³/mol. The number of aliphatic hydroxyl groups excluding tert-OH is 2. The van der Waals surface area contributed by atoms with Gasteiger partial charge >= 0.3 is 0 Å². The Labute approximate surface area is 786 Å². The van der Waals surface area contributed by atoms with Gasteiger partial charge in [0.1, 0.15) is 23.1 Å². The van der Waals surface area contributed by atoms with Crippen LogP contribution >= 0.6 is 0 Å². The zero-order valence-electron chi connectivity index (χ0n) is 76.1. The van der Waals surface area contributed by atoms with Gasteiger partial charge < -0.3 is 48.1 Å². The Morgan fingerprint density at radius 1 is 0.410 bits per heavy atom. The van der Waals surface area contributed by atoms with Gasteiger partial charge in [-0.1, -0.05) is 143 Å². The molecule has 0 unspecified atom stereocenters. The molecular formula is C108H116N6O18S2. The Morgan fingerprint density at radius 3 is 1.21 bits per heavy atom. The number of benzene rings is 8. The number of carbonyl (C=O) groups excluding carboxylic acids is 4. The molecule has 1 atom stereocenters. The Hall–Kier alpha value is -12.8. The van der Waals surface area contributed by atoms with Gasteiger partial charge in [0.05, 0.1) is 66.9 Å². The molecule has 0 bridgehead atoms. The van der Waals surface area contributed by atoms with E-state index in [1.54, 1.807) is 42.5 Å². The van der Waals surface area contributed by atoms with Crippen LogP contribution in [0.25, 0.3) is 44.8 Å². The summed E-state index contributed by atoms with van der Waals surface area (Å²) in [5.74, 6) is 7.44. The first-order valence-corrected chi connectivity index (χ1v) is 48.8. The summed E-state index contributed by atoms with van der Waals surface area (Å²) in [7, 11) is -7.35. The van der Waals surface area contributed by atoms with Gasteiger partial charge in [0.25, 0.3) is 0 Å². The third-order valence-corrected chi connectivity index (χ3v) is 30.5. The Kier molecular flexibility index (Phi) is 25.9. The zero-order chi connectivity index (χ0) is 93.4. The van der Waals surface area contributed by atoms with E-state index >= 15 is 0 Å². The number of hydrogen-bond acceptors (Lipinski definition) is 22. The number of carbonyl (C=O) groups is 4. The highest BCUT2D eigenvalue weighted by Gasteiger charge is 2.54. The van der Waals surface area contributed by atoms with Crippen molar-refractivity contribution < 1.29 is 89.8 Å².